The molecule has 0 radical (unpaired) electrons. The third-order valence-corrected chi connectivity index (χ3v) is 26.0. The first-order valence-corrected chi connectivity index (χ1v) is 42.6. The van der Waals surface area contributed by atoms with Crippen molar-refractivity contribution in [2.24, 2.45) is 0 Å². The molecule has 588 valence electrons. The minimum atomic E-state index is -0.0186. The van der Waals surface area contributed by atoms with E-state index in [4.69, 9.17) is 29.2 Å². The Bertz CT molecular complexity index is 8070. The van der Waals surface area contributed by atoms with E-state index in [1.807, 2.05) is 18.7 Å². The summed E-state index contributed by atoms with van der Waals surface area (Å²) in [6, 6.07) is 144. The molecular weight excluding hydrogens is 1540 g/mol. The van der Waals surface area contributed by atoms with Crippen molar-refractivity contribution in [1.82, 2.24) is 33.2 Å². The van der Waals surface area contributed by atoms with E-state index in [0.717, 1.165) is 135 Å². The van der Waals surface area contributed by atoms with Gasteiger partial charge in [-0.15, -0.1) is 0 Å². The number of nitrogens with zero attached hydrogens (tertiary/aromatic N) is 8. The van der Waals surface area contributed by atoms with Crippen LogP contribution in [0.1, 0.15) is 7.43 Å². The summed E-state index contributed by atoms with van der Waals surface area (Å²) in [5.74, 6) is 6.33. The third-order valence-electron chi connectivity index (χ3n) is 26.0. The van der Waals surface area contributed by atoms with Gasteiger partial charge < -0.3 is 23.7 Å². The molecule has 14 heteroatoms. The lowest BCUT2D eigenvalue weighted by atomic mass is 9.34. The zero-order chi connectivity index (χ0) is 81.9. The molecule has 0 unspecified atom stereocenters. The summed E-state index contributed by atoms with van der Waals surface area (Å²) >= 11 is 0. The lowest BCUT2D eigenvalue weighted by molar-refractivity contribution is 0.487. The second-order valence-corrected chi connectivity index (χ2v) is 32.9. The van der Waals surface area contributed by atoms with E-state index >= 15 is 0 Å². The number of hydrogen-bond donors (Lipinski definition) is 0. The van der Waals surface area contributed by atoms with Crippen LogP contribution in [-0.4, -0.2) is 53.4 Å². The number of ether oxygens (including phenoxy) is 3. The smallest absolute Gasteiger partial charge is 0.256 e. The van der Waals surface area contributed by atoms with E-state index in [2.05, 4.69) is 424 Å². The number of para-hydroxylation sites is 6. The number of fused-ring (bicyclic) bond motifs is 15. The zero-order valence-corrected chi connectivity index (χ0v) is 67.4. The number of aromatic nitrogens is 7. The van der Waals surface area contributed by atoms with Crippen molar-refractivity contribution in [2.45, 2.75) is 7.43 Å². The van der Waals surface area contributed by atoms with Crippen molar-refractivity contribution in [3.63, 3.8) is 0 Å². The fraction of sp³-hybridized carbons (Fsp3) is 0.00893. The molecule has 11 nitrogen and oxygen atoms in total. The average Bonchev–Trinajstić information content (AvgIpc) is 1.41. The van der Waals surface area contributed by atoms with Gasteiger partial charge in [-0.3, -0.25) is 13.7 Å². The van der Waals surface area contributed by atoms with Crippen LogP contribution in [0.2, 0.25) is 0 Å². The molecule has 4 aromatic heterocycles. The molecule has 0 aliphatic carbocycles. The van der Waals surface area contributed by atoms with Crippen LogP contribution in [0.15, 0.2) is 419 Å². The van der Waals surface area contributed by atoms with Gasteiger partial charge in [-0.05, 0) is 191 Å². The minimum absolute atomic E-state index is 0. The van der Waals surface area contributed by atoms with Crippen molar-refractivity contribution in [2.75, 3.05) is 4.90 Å². The first-order valence-electron chi connectivity index (χ1n) is 42.6. The summed E-state index contributed by atoms with van der Waals surface area (Å²) in [4.78, 5) is 17.4. The van der Waals surface area contributed by atoms with E-state index in [1.54, 1.807) is 0 Å². The van der Waals surface area contributed by atoms with Gasteiger partial charge in [0.05, 0.1) is 55.5 Å². The third kappa shape index (κ3) is 11.3. The minimum Gasteiger partial charge on any atom is -0.458 e. The Balaban J connectivity index is 0.000000104. The largest absolute Gasteiger partial charge is 0.458 e. The van der Waals surface area contributed by atoms with Crippen molar-refractivity contribution >= 4 is 141 Å². The standard InChI is InChI=1S/C43H28BN3O.C37H22BN3O.C31H19BN2O.CH4/c1-5-13-29(14-6-1)31-21-22-36-40(25-31)48-41-27-35(47(33-17-9-3-10-18-33)34-19-11-4-12-20-34)26-39-42(41)44(36)37-23-32(30-15-7-2-8-16-30)24-38-43(37)46(39)28-45-38;1-2-11-23(12-3-1)37-39-29-17-10-16-28-36(29)41(37)32-21-24(22-34-35(32)38(28)27-15-6-9-20-33(27)42-34)40-30-18-7-4-13-25(30)26-14-5-8-19-31(26)40;1-3-8-20(9-4-1)22-14-15-24-29(18-22)35-28-13-7-12-27-30(28)32(24)25-16-23(21-10-5-2-6-11-21)17-26-31(25)34(27)19-33-26;/h1-28H;1-22H;1-19H;1H4. The van der Waals surface area contributed by atoms with Crippen LogP contribution in [0.5, 0.6) is 34.5 Å². The highest BCUT2D eigenvalue weighted by Gasteiger charge is 2.45. The highest BCUT2D eigenvalue weighted by Crippen LogP contribution is 2.45. The first-order chi connectivity index (χ1) is 62.0. The Morgan fingerprint density at radius 2 is 0.675 bits per heavy atom. The lowest BCUT2D eigenvalue weighted by Crippen LogP contribution is -2.58. The average molecular weight is 1610 g/mol. The number of hydrogen-bond acceptors (Lipinski definition) is 7. The summed E-state index contributed by atoms with van der Waals surface area (Å²) in [7, 11) is 0. The molecule has 0 saturated heterocycles. The van der Waals surface area contributed by atoms with Crippen LogP contribution in [-0.2, 0) is 0 Å². The summed E-state index contributed by atoms with van der Waals surface area (Å²) in [6.07, 6.45) is 3.92. The SMILES string of the molecule is C.c1ccc(-c2ccc3c(c2)Oc2cc(N(c4ccccc4)c4ccccc4)cc4c2B3c2cc(-c3ccccc3)cc3ncn-4c23)cc1.c1ccc(-c2ccc3c(c2)Oc2cccc4c2B3c2cc(-c3ccccc3)cc3ncn-4c23)cc1.c1ccc(-c2nc3cccc4c3n2-c2cc(-n3c5ccccc5c5ccccc53)cc3c2B4c2ccccc2O3)cc1. The summed E-state index contributed by atoms with van der Waals surface area (Å²) in [5.41, 5.74) is 37.8. The van der Waals surface area contributed by atoms with Gasteiger partial charge in [0.1, 0.15) is 53.0 Å². The normalized spacial score (nSPS) is 12.5. The van der Waals surface area contributed by atoms with Crippen LogP contribution >= 0.6 is 0 Å². The summed E-state index contributed by atoms with van der Waals surface area (Å²) in [5, 5.41) is 2.48. The fourth-order valence-electron chi connectivity index (χ4n) is 20.6. The van der Waals surface area contributed by atoms with Gasteiger partial charge in [0, 0.05) is 56.9 Å². The van der Waals surface area contributed by atoms with Crippen LogP contribution in [0.3, 0.4) is 0 Å². The maximum Gasteiger partial charge on any atom is 0.256 e. The first kappa shape index (κ1) is 72.4. The molecule has 10 heterocycles. The van der Waals surface area contributed by atoms with Gasteiger partial charge in [0.15, 0.2) is 0 Å². The second-order valence-electron chi connectivity index (χ2n) is 32.9. The van der Waals surface area contributed by atoms with Gasteiger partial charge in [-0.25, -0.2) is 15.0 Å². The van der Waals surface area contributed by atoms with Crippen LogP contribution in [0.25, 0.3) is 134 Å². The number of benzene rings is 18. The van der Waals surface area contributed by atoms with Gasteiger partial charge in [-0.2, -0.15) is 0 Å². The van der Waals surface area contributed by atoms with E-state index in [-0.39, 0.29) is 27.6 Å². The van der Waals surface area contributed by atoms with Crippen LogP contribution in [0.4, 0.5) is 17.1 Å². The molecule has 0 bridgehead atoms. The van der Waals surface area contributed by atoms with E-state index in [0.29, 0.717) is 0 Å². The van der Waals surface area contributed by atoms with Gasteiger partial charge in [0.25, 0.3) is 20.1 Å². The van der Waals surface area contributed by atoms with Crippen LogP contribution in [0, 0.1) is 0 Å². The summed E-state index contributed by atoms with van der Waals surface area (Å²) < 4.78 is 29.5. The number of anilines is 3. The summed E-state index contributed by atoms with van der Waals surface area (Å²) in [6.45, 7) is 0.128. The maximum atomic E-state index is 6.99. The molecule has 6 aliphatic heterocycles. The highest BCUT2D eigenvalue weighted by atomic mass is 16.5. The molecule has 0 saturated carbocycles. The zero-order valence-electron chi connectivity index (χ0n) is 67.4. The maximum absolute atomic E-state index is 6.99. The van der Waals surface area contributed by atoms with Crippen molar-refractivity contribution in [3.8, 4) is 113 Å². The molecule has 6 aliphatic rings. The Labute approximate surface area is 728 Å². The predicted molar refractivity (Wildman–Crippen MR) is 520 cm³/mol. The van der Waals surface area contributed by atoms with Crippen molar-refractivity contribution < 1.29 is 14.2 Å². The number of rotatable bonds is 9. The molecule has 0 amide bonds. The van der Waals surface area contributed by atoms with Gasteiger partial charge in [0.2, 0.25) is 0 Å². The molecule has 22 aromatic rings. The molecule has 126 heavy (non-hydrogen) atoms. The Morgan fingerprint density at radius 1 is 0.246 bits per heavy atom. The number of imidazole rings is 3. The van der Waals surface area contributed by atoms with E-state index in [9.17, 15) is 0 Å². The van der Waals surface area contributed by atoms with E-state index < -0.39 is 0 Å². The van der Waals surface area contributed by atoms with Crippen molar-refractivity contribution in [3.05, 3.63) is 419 Å². The van der Waals surface area contributed by atoms with E-state index in [1.165, 1.54) is 98.9 Å². The Morgan fingerprint density at radius 3 is 1.25 bits per heavy atom. The molecule has 18 aromatic carbocycles. The van der Waals surface area contributed by atoms with Crippen molar-refractivity contribution in [1.29, 1.82) is 0 Å². The topological polar surface area (TPSA) is 89.3 Å². The van der Waals surface area contributed by atoms with Gasteiger partial charge >= 0.3 is 0 Å². The quantitative estimate of drug-likeness (QED) is 0.133. The predicted octanol–water partition coefficient (Wildman–Crippen LogP) is 21.4. The molecule has 0 fully saturated rings. The second kappa shape index (κ2) is 28.9. The molecule has 0 spiro atoms. The Hall–Kier alpha value is -16.4. The molecule has 0 N–H and O–H groups in total. The fourth-order valence-corrected chi connectivity index (χ4v) is 20.6. The van der Waals surface area contributed by atoms with Crippen LogP contribution < -0.4 is 68.3 Å². The molecule has 28 rings (SSSR count). The Kier molecular flexibility index (Phi) is 16.6. The monoisotopic (exact) mass is 1610 g/mol. The molecule has 0 atom stereocenters. The highest BCUT2D eigenvalue weighted by molar-refractivity contribution is 7.00. The van der Waals surface area contributed by atoms with Gasteiger partial charge in [-0.1, -0.05) is 305 Å². The molecular formula is C112H73B3N8O3. The lowest BCUT2D eigenvalue weighted by Gasteiger charge is -2.35.